The topological polar surface area (TPSA) is 59.1 Å². The van der Waals surface area contributed by atoms with E-state index in [-0.39, 0.29) is 5.75 Å². The van der Waals surface area contributed by atoms with E-state index in [1.54, 1.807) is 13.0 Å². The van der Waals surface area contributed by atoms with Crippen molar-refractivity contribution in [2.45, 2.75) is 50.9 Å². The first-order valence-electron chi connectivity index (χ1n) is 8.65. The molecule has 138 valence electrons. The minimum absolute atomic E-state index is 0.238. The van der Waals surface area contributed by atoms with Gasteiger partial charge in [0.25, 0.3) is 0 Å². The summed E-state index contributed by atoms with van der Waals surface area (Å²) in [5.74, 6) is 1.48. The smallest absolute Gasteiger partial charge is 0.406 e. The highest BCUT2D eigenvalue weighted by atomic mass is 19.4. The van der Waals surface area contributed by atoms with E-state index in [0.29, 0.717) is 35.0 Å². The van der Waals surface area contributed by atoms with Gasteiger partial charge in [-0.1, -0.05) is 0 Å². The molecule has 4 rings (SSSR count). The van der Waals surface area contributed by atoms with Crippen LogP contribution < -0.4 is 15.4 Å². The molecule has 0 spiro atoms. The van der Waals surface area contributed by atoms with E-state index < -0.39 is 6.36 Å². The molecule has 0 unspecified atom stereocenters. The molecule has 0 radical (unpaired) electrons. The normalized spacial score (nSPS) is 17.1. The van der Waals surface area contributed by atoms with Gasteiger partial charge in [0, 0.05) is 23.7 Å². The number of anilines is 3. The summed E-state index contributed by atoms with van der Waals surface area (Å²) in [6, 6.07) is 6.55. The fourth-order valence-electron chi connectivity index (χ4n) is 2.70. The number of nitrogens with zero attached hydrogens (tertiary/aromatic N) is 2. The molecule has 2 aromatic rings. The van der Waals surface area contributed by atoms with Crippen LogP contribution >= 0.6 is 0 Å². The summed E-state index contributed by atoms with van der Waals surface area (Å²) < 4.78 is 41.0. The average Bonchev–Trinajstić information content (AvgIpc) is 3.42. The summed E-state index contributed by atoms with van der Waals surface area (Å²) in [5.41, 5.74) is 2.31. The van der Waals surface area contributed by atoms with Crippen molar-refractivity contribution >= 4 is 17.5 Å². The summed E-state index contributed by atoms with van der Waals surface area (Å²) in [7, 11) is 0. The summed E-state index contributed by atoms with van der Waals surface area (Å²) in [6.45, 7) is 1.72. The van der Waals surface area contributed by atoms with Gasteiger partial charge in [0.15, 0.2) is 0 Å². The number of aromatic nitrogens is 2. The number of aryl methyl sites for hydroxylation is 1. The molecular formula is C18H19F3N4O. The van der Waals surface area contributed by atoms with Crippen molar-refractivity contribution < 1.29 is 17.9 Å². The maximum Gasteiger partial charge on any atom is 0.573 e. The Kier molecular flexibility index (Phi) is 4.13. The Labute approximate surface area is 149 Å². The average molecular weight is 364 g/mol. The van der Waals surface area contributed by atoms with Crippen LogP contribution in [0.1, 0.15) is 42.9 Å². The Morgan fingerprint density at radius 3 is 2.46 bits per heavy atom. The third-order valence-electron chi connectivity index (χ3n) is 4.35. The second-order valence-corrected chi connectivity index (χ2v) is 6.84. The zero-order valence-electron chi connectivity index (χ0n) is 14.2. The molecule has 2 aliphatic rings. The predicted molar refractivity (Wildman–Crippen MR) is 91.8 cm³/mol. The zero-order valence-corrected chi connectivity index (χ0v) is 14.2. The first kappa shape index (κ1) is 16.9. The lowest BCUT2D eigenvalue weighted by molar-refractivity contribution is -0.274. The minimum atomic E-state index is -4.70. The van der Waals surface area contributed by atoms with E-state index in [0.717, 1.165) is 31.4 Å². The Balaban J connectivity index is 1.55. The van der Waals surface area contributed by atoms with Gasteiger partial charge < -0.3 is 15.4 Å². The third kappa shape index (κ3) is 4.36. The largest absolute Gasteiger partial charge is 0.573 e. The standard InChI is InChI=1S/C18H19F3N4O/c1-10-8-13(26-18(19,20)21)6-7-14(10)23-16-9-15(11-2-3-11)24-17(25-16)22-12-4-5-12/h6-9,11-12H,2-5H2,1H3,(H2,22,23,24,25). The van der Waals surface area contributed by atoms with E-state index in [9.17, 15) is 13.2 Å². The highest BCUT2D eigenvalue weighted by molar-refractivity contribution is 5.63. The van der Waals surface area contributed by atoms with Crippen molar-refractivity contribution in [3.8, 4) is 5.75 Å². The van der Waals surface area contributed by atoms with Crippen molar-refractivity contribution in [1.82, 2.24) is 9.97 Å². The molecule has 2 fully saturated rings. The maximum absolute atomic E-state index is 12.3. The lowest BCUT2D eigenvalue weighted by atomic mass is 10.2. The summed E-state index contributed by atoms with van der Waals surface area (Å²) in [4.78, 5) is 9.08. The van der Waals surface area contributed by atoms with Crippen molar-refractivity contribution in [2.75, 3.05) is 10.6 Å². The van der Waals surface area contributed by atoms with Crippen LogP contribution in [-0.2, 0) is 0 Å². The van der Waals surface area contributed by atoms with E-state index in [4.69, 9.17) is 0 Å². The third-order valence-corrected chi connectivity index (χ3v) is 4.35. The highest BCUT2D eigenvalue weighted by Crippen LogP contribution is 2.40. The quantitative estimate of drug-likeness (QED) is 0.765. The zero-order chi connectivity index (χ0) is 18.3. The van der Waals surface area contributed by atoms with Crippen LogP contribution in [0, 0.1) is 6.92 Å². The van der Waals surface area contributed by atoms with Gasteiger partial charge in [-0.2, -0.15) is 4.98 Å². The first-order valence-corrected chi connectivity index (χ1v) is 8.65. The van der Waals surface area contributed by atoms with Crippen LogP contribution in [-0.4, -0.2) is 22.4 Å². The van der Waals surface area contributed by atoms with Gasteiger partial charge in [0.2, 0.25) is 5.95 Å². The Bertz CT molecular complexity index is 817. The Morgan fingerprint density at radius 2 is 1.85 bits per heavy atom. The van der Waals surface area contributed by atoms with Crippen LogP contribution in [0.3, 0.4) is 0 Å². The van der Waals surface area contributed by atoms with Crippen LogP contribution in [0.4, 0.5) is 30.6 Å². The molecule has 5 nitrogen and oxygen atoms in total. The molecule has 1 aromatic carbocycles. The molecule has 0 aliphatic heterocycles. The van der Waals surface area contributed by atoms with E-state index in [1.165, 1.54) is 12.1 Å². The predicted octanol–water partition coefficient (Wildman–Crippen LogP) is 4.88. The highest BCUT2D eigenvalue weighted by Gasteiger charge is 2.31. The number of hydrogen-bond acceptors (Lipinski definition) is 5. The molecule has 8 heteroatoms. The summed E-state index contributed by atoms with van der Waals surface area (Å²) in [5, 5.41) is 6.50. The summed E-state index contributed by atoms with van der Waals surface area (Å²) in [6.07, 6.45) is -0.195. The molecule has 2 N–H and O–H groups in total. The molecular weight excluding hydrogens is 345 g/mol. The molecule has 2 saturated carbocycles. The van der Waals surface area contributed by atoms with E-state index in [1.807, 2.05) is 6.07 Å². The van der Waals surface area contributed by atoms with Crippen LogP contribution in [0.15, 0.2) is 24.3 Å². The SMILES string of the molecule is Cc1cc(OC(F)(F)F)ccc1Nc1cc(C2CC2)nc(NC2CC2)n1. The van der Waals surface area contributed by atoms with Crippen molar-refractivity contribution in [1.29, 1.82) is 0 Å². The molecule has 1 aromatic heterocycles. The van der Waals surface area contributed by atoms with Gasteiger partial charge >= 0.3 is 6.36 Å². The Morgan fingerprint density at radius 1 is 1.08 bits per heavy atom. The van der Waals surface area contributed by atoms with Crippen LogP contribution in [0.2, 0.25) is 0 Å². The van der Waals surface area contributed by atoms with Crippen LogP contribution in [0.25, 0.3) is 0 Å². The molecule has 1 heterocycles. The van der Waals surface area contributed by atoms with Crippen LogP contribution in [0.5, 0.6) is 5.75 Å². The first-order chi connectivity index (χ1) is 12.4. The lowest BCUT2D eigenvalue weighted by Gasteiger charge is -2.14. The van der Waals surface area contributed by atoms with Crippen molar-refractivity contribution in [3.63, 3.8) is 0 Å². The van der Waals surface area contributed by atoms with Gasteiger partial charge in [0.05, 0.1) is 5.69 Å². The number of alkyl halides is 3. The number of nitrogens with one attached hydrogen (secondary N) is 2. The molecule has 0 bridgehead atoms. The van der Waals surface area contributed by atoms with Gasteiger partial charge in [-0.15, -0.1) is 13.2 Å². The number of ether oxygens (including phenoxy) is 1. The minimum Gasteiger partial charge on any atom is -0.406 e. The monoisotopic (exact) mass is 364 g/mol. The van der Waals surface area contributed by atoms with E-state index >= 15 is 0 Å². The molecule has 0 amide bonds. The van der Waals surface area contributed by atoms with Gasteiger partial charge in [-0.05, 0) is 56.4 Å². The molecule has 2 aliphatic carbocycles. The molecule has 0 saturated heterocycles. The molecule has 0 atom stereocenters. The van der Waals surface area contributed by atoms with Crippen molar-refractivity contribution in [3.05, 3.63) is 35.5 Å². The Hall–Kier alpha value is -2.51. The van der Waals surface area contributed by atoms with Gasteiger partial charge in [0.1, 0.15) is 11.6 Å². The fourth-order valence-corrected chi connectivity index (χ4v) is 2.70. The van der Waals surface area contributed by atoms with Gasteiger partial charge in [-0.25, -0.2) is 4.98 Å². The summed E-state index contributed by atoms with van der Waals surface area (Å²) >= 11 is 0. The second kappa shape index (κ2) is 6.34. The number of halogens is 3. The maximum atomic E-state index is 12.3. The molecule has 26 heavy (non-hydrogen) atoms. The van der Waals surface area contributed by atoms with Crippen molar-refractivity contribution in [2.24, 2.45) is 0 Å². The number of hydrogen-bond donors (Lipinski definition) is 2. The second-order valence-electron chi connectivity index (χ2n) is 6.84. The number of benzene rings is 1. The van der Waals surface area contributed by atoms with Gasteiger partial charge in [-0.3, -0.25) is 0 Å². The lowest BCUT2D eigenvalue weighted by Crippen LogP contribution is -2.17. The number of rotatable bonds is 6. The van der Waals surface area contributed by atoms with E-state index in [2.05, 4.69) is 25.3 Å². The fraction of sp³-hybridized carbons (Fsp3) is 0.444.